The van der Waals surface area contributed by atoms with Crippen molar-refractivity contribution in [1.29, 1.82) is 0 Å². The van der Waals surface area contributed by atoms with Gasteiger partial charge < -0.3 is 10.2 Å². The van der Waals surface area contributed by atoms with Gasteiger partial charge in [0.2, 0.25) is 11.6 Å². The van der Waals surface area contributed by atoms with E-state index < -0.39 is 81.2 Å². The van der Waals surface area contributed by atoms with E-state index >= 15 is 8.78 Å². The van der Waals surface area contributed by atoms with Crippen LogP contribution in [0.1, 0.15) is 72.2 Å². The first-order chi connectivity index (χ1) is 24.2. The Hall–Kier alpha value is -4.56. The molecule has 4 rings (SSSR count). The summed E-state index contributed by atoms with van der Waals surface area (Å²) in [4.78, 5) is 24.3. The number of rotatable bonds is 12. The Kier molecular flexibility index (Phi) is 11.2. The zero-order valence-corrected chi connectivity index (χ0v) is 28.7. The minimum absolute atomic E-state index is 0.0305. The van der Waals surface area contributed by atoms with Crippen LogP contribution in [0.4, 0.5) is 43.9 Å². The maximum absolute atomic E-state index is 15.5. The van der Waals surface area contributed by atoms with Gasteiger partial charge >= 0.3 is 24.2 Å². The van der Waals surface area contributed by atoms with Crippen molar-refractivity contribution in [2.24, 2.45) is 0 Å². The zero-order chi connectivity index (χ0) is 39.9. The molecular formula is C39H34F10O4. The summed E-state index contributed by atoms with van der Waals surface area (Å²) in [6.07, 6.45) is -11.8. The molecule has 2 N–H and O–H groups in total. The molecule has 0 saturated heterocycles. The number of halogens is 10. The highest BCUT2D eigenvalue weighted by atomic mass is 19.4. The topological polar surface area (TPSA) is 74.6 Å². The van der Waals surface area contributed by atoms with E-state index in [0.717, 1.165) is 49.4 Å². The largest absolute Gasteiger partial charge is 0.421 e. The fourth-order valence-electron chi connectivity index (χ4n) is 5.77. The van der Waals surface area contributed by atoms with Crippen molar-refractivity contribution in [2.45, 2.75) is 82.4 Å². The highest BCUT2D eigenvalue weighted by Gasteiger charge is 2.53. The second-order valence-electron chi connectivity index (χ2n) is 13.1. The number of alkyl halides is 10. The van der Waals surface area contributed by atoms with Gasteiger partial charge in [-0.1, -0.05) is 91.9 Å². The third-order valence-electron chi connectivity index (χ3n) is 9.26. The molecule has 53 heavy (non-hydrogen) atoms. The van der Waals surface area contributed by atoms with Gasteiger partial charge in [-0.3, -0.25) is 9.59 Å². The summed E-state index contributed by atoms with van der Waals surface area (Å²) in [7, 11) is 0. The molecule has 4 nitrogen and oxygen atoms in total. The first-order valence-corrected chi connectivity index (χ1v) is 16.1. The Labute approximate surface area is 298 Å². The Bertz CT molecular complexity index is 1980. The summed E-state index contributed by atoms with van der Waals surface area (Å²) >= 11 is 0. The average molecular weight is 757 g/mol. The molecule has 0 aliphatic heterocycles. The van der Waals surface area contributed by atoms with Crippen LogP contribution in [0.3, 0.4) is 0 Å². The lowest BCUT2D eigenvalue weighted by molar-refractivity contribution is -0.259. The number of hydrogen-bond acceptors (Lipinski definition) is 4. The van der Waals surface area contributed by atoms with Gasteiger partial charge in [0, 0.05) is 24.5 Å². The standard InChI is InChI=1S/C39H34F10O4/c1-5-25-8-6-23(19-31(25)34(3,52)38(44,45)46)18-24-7-9-28(32(20-24)35(4,53)39(47,48)49)21-33(51)37(42,43)30-16-12-27(13-17-30)26-10-14-29(15-11-26)36(40,41)22(2)50/h6-17,19-20,52-53H,5,18,21H2,1-4H3. The summed E-state index contributed by atoms with van der Waals surface area (Å²) < 4.78 is 142. The number of Topliss-reactive ketones (excluding diaryl/α,β-unsaturated/α-hetero) is 2. The van der Waals surface area contributed by atoms with Gasteiger partial charge in [0.15, 0.2) is 11.2 Å². The molecule has 0 aromatic heterocycles. The van der Waals surface area contributed by atoms with Crippen molar-refractivity contribution in [3.63, 3.8) is 0 Å². The molecule has 0 amide bonds. The summed E-state index contributed by atoms with van der Waals surface area (Å²) in [6.45, 7) is 3.24. The van der Waals surface area contributed by atoms with Gasteiger partial charge in [-0.2, -0.15) is 43.9 Å². The number of aliphatic hydroxyl groups is 2. The summed E-state index contributed by atoms with van der Waals surface area (Å²) in [5, 5.41) is 21.0. The lowest BCUT2D eigenvalue weighted by Crippen LogP contribution is -2.40. The van der Waals surface area contributed by atoms with Crippen molar-refractivity contribution in [3.05, 3.63) is 129 Å². The highest BCUT2D eigenvalue weighted by Crippen LogP contribution is 2.43. The molecule has 0 aliphatic carbocycles. The number of aryl methyl sites for hydroxylation is 1. The van der Waals surface area contributed by atoms with Crippen molar-refractivity contribution >= 4 is 11.6 Å². The van der Waals surface area contributed by atoms with E-state index in [1.54, 1.807) is 6.92 Å². The molecule has 4 aromatic carbocycles. The van der Waals surface area contributed by atoms with Crippen LogP contribution in [0, 0.1) is 0 Å². The lowest BCUT2D eigenvalue weighted by Gasteiger charge is -2.30. The molecular weight excluding hydrogens is 722 g/mol. The SMILES string of the molecule is CCc1ccc(Cc2ccc(CC(=O)C(F)(F)c3ccc(-c4ccc(C(F)(F)C(C)=O)cc4)cc3)c(C(C)(O)C(F)(F)F)c2)cc1C(C)(O)C(F)(F)F. The fraction of sp³-hybridized carbons (Fsp3) is 0.333. The number of carbonyl (C=O) groups excluding carboxylic acids is 2. The first kappa shape index (κ1) is 41.2. The molecule has 2 atom stereocenters. The normalized spacial score (nSPS) is 15.1. The third kappa shape index (κ3) is 8.18. The minimum atomic E-state index is -5.34. The maximum atomic E-state index is 15.5. The number of carbonyl (C=O) groups is 2. The monoisotopic (exact) mass is 756 g/mol. The van der Waals surface area contributed by atoms with Crippen molar-refractivity contribution in [1.82, 2.24) is 0 Å². The molecule has 0 fully saturated rings. The van der Waals surface area contributed by atoms with E-state index in [1.165, 1.54) is 42.5 Å². The predicted molar refractivity (Wildman–Crippen MR) is 175 cm³/mol. The van der Waals surface area contributed by atoms with Gasteiger partial charge in [-0.25, -0.2) is 0 Å². The van der Waals surface area contributed by atoms with Crippen LogP contribution in [-0.4, -0.2) is 34.1 Å². The quantitative estimate of drug-likeness (QED) is 0.141. The molecule has 0 bridgehead atoms. The van der Waals surface area contributed by atoms with Gasteiger partial charge in [0.25, 0.3) is 0 Å². The summed E-state index contributed by atoms with van der Waals surface area (Å²) in [5.41, 5.74) is -9.30. The summed E-state index contributed by atoms with van der Waals surface area (Å²) in [5.74, 6) is -11.2. The van der Waals surface area contributed by atoms with E-state index in [1.807, 2.05) is 0 Å². The fourth-order valence-corrected chi connectivity index (χ4v) is 5.77. The van der Waals surface area contributed by atoms with Crippen LogP contribution in [0.25, 0.3) is 11.1 Å². The van der Waals surface area contributed by atoms with Crippen molar-refractivity contribution < 1.29 is 63.7 Å². The Morgan fingerprint density at radius 2 is 0.943 bits per heavy atom. The number of hydrogen-bond donors (Lipinski definition) is 2. The predicted octanol–water partition coefficient (Wildman–Crippen LogP) is 9.63. The smallest absolute Gasteiger partial charge is 0.376 e. The minimum Gasteiger partial charge on any atom is -0.376 e. The Morgan fingerprint density at radius 3 is 1.32 bits per heavy atom. The van der Waals surface area contributed by atoms with Crippen LogP contribution in [0.15, 0.2) is 84.9 Å². The highest BCUT2D eigenvalue weighted by molar-refractivity contribution is 5.89. The van der Waals surface area contributed by atoms with E-state index in [-0.39, 0.29) is 35.1 Å². The molecule has 2 unspecified atom stereocenters. The molecule has 0 spiro atoms. The van der Waals surface area contributed by atoms with E-state index in [2.05, 4.69) is 0 Å². The van der Waals surface area contributed by atoms with Gasteiger partial charge in [0.05, 0.1) is 0 Å². The van der Waals surface area contributed by atoms with Crippen molar-refractivity contribution in [3.8, 4) is 11.1 Å². The second-order valence-corrected chi connectivity index (χ2v) is 13.1. The Balaban J connectivity index is 1.65. The molecule has 284 valence electrons. The Morgan fingerprint density at radius 1 is 0.566 bits per heavy atom. The van der Waals surface area contributed by atoms with E-state index in [9.17, 15) is 54.9 Å². The molecule has 0 radical (unpaired) electrons. The van der Waals surface area contributed by atoms with Crippen molar-refractivity contribution in [2.75, 3.05) is 0 Å². The van der Waals surface area contributed by atoms with Crippen LogP contribution in [-0.2, 0) is 51.9 Å². The van der Waals surface area contributed by atoms with Crippen LogP contribution in [0.2, 0.25) is 0 Å². The second kappa shape index (κ2) is 14.3. The van der Waals surface area contributed by atoms with Crippen LogP contribution >= 0.6 is 0 Å². The first-order valence-electron chi connectivity index (χ1n) is 16.1. The number of benzene rings is 4. The van der Waals surface area contributed by atoms with Gasteiger partial charge in [0.1, 0.15) is 0 Å². The third-order valence-corrected chi connectivity index (χ3v) is 9.26. The van der Waals surface area contributed by atoms with Crippen LogP contribution < -0.4 is 0 Å². The molecule has 4 aromatic rings. The van der Waals surface area contributed by atoms with E-state index in [4.69, 9.17) is 0 Å². The summed E-state index contributed by atoms with van der Waals surface area (Å²) in [6, 6.07) is 15.4. The molecule has 0 aliphatic rings. The lowest BCUT2D eigenvalue weighted by atomic mass is 9.84. The van der Waals surface area contributed by atoms with Crippen LogP contribution in [0.5, 0.6) is 0 Å². The van der Waals surface area contributed by atoms with Gasteiger partial charge in [-0.15, -0.1) is 0 Å². The van der Waals surface area contributed by atoms with Gasteiger partial charge in [-0.05, 0) is 71.2 Å². The average Bonchev–Trinajstić information content (AvgIpc) is 3.07. The molecule has 0 saturated carbocycles. The number of ketones is 2. The maximum Gasteiger partial charge on any atom is 0.421 e. The van der Waals surface area contributed by atoms with E-state index in [0.29, 0.717) is 19.4 Å². The zero-order valence-electron chi connectivity index (χ0n) is 28.7. The molecule has 14 heteroatoms. The molecule has 0 heterocycles.